The lowest BCUT2D eigenvalue weighted by Crippen LogP contribution is -2.32. The first-order valence-corrected chi connectivity index (χ1v) is 11.1. The van der Waals surface area contributed by atoms with Crippen LogP contribution in [-0.4, -0.2) is 41.5 Å². The molecule has 0 radical (unpaired) electrons. The van der Waals surface area contributed by atoms with Gasteiger partial charge in [-0.1, -0.05) is 18.9 Å². The highest BCUT2D eigenvalue weighted by Crippen LogP contribution is 2.26. The molecule has 0 aliphatic carbocycles. The number of carbonyl (C=O) groups is 1. The van der Waals surface area contributed by atoms with Gasteiger partial charge in [0.05, 0.1) is 16.2 Å². The Morgan fingerprint density at radius 1 is 1.07 bits per heavy atom. The van der Waals surface area contributed by atoms with E-state index in [0.717, 1.165) is 31.4 Å². The number of benzene rings is 1. The highest BCUT2D eigenvalue weighted by molar-refractivity contribution is 7.89. The lowest BCUT2D eigenvalue weighted by molar-refractivity contribution is 0.102. The van der Waals surface area contributed by atoms with Crippen LogP contribution < -0.4 is 5.32 Å². The second-order valence-electron chi connectivity index (χ2n) is 7.42. The second kappa shape index (κ2) is 8.05. The highest BCUT2D eigenvalue weighted by Gasteiger charge is 2.27. The zero-order chi connectivity index (χ0) is 20.5. The predicted octanol–water partition coefficient (Wildman–Crippen LogP) is 3.16. The van der Waals surface area contributed by atoms with Gasteiger partial charge in [-0.3, -0.25) is 9.48 Å². The second-order valence-corrected chi connectivity index (χ2v) is 9.33. The molecule has 0 bridgehead atoms. The van der Waals surface area contributed by atoms with Crippen LogP contribution in [0, 0.1) is 20.8 Å². The van der Waals surface area contributed by atoms with Gasteiger partial charge in [0.1, 0.15) is 0 Å². The topological polar surface area (TPSA) is 84.3 Å². The zero-order valence-corrected chi connectivity index (χ0v) is 17.8. The number of hydrogen-bond acceptors (Lipinski definition) is 4. The number of anilines is 1. The number of aromatic nitrogens is 2. The van der Waals surface area contributed by atoms with Crippen LogP contribution >= 0.6 is 0 Å². The van der Waals surface area contributed by atoms with E-state index in [1.807, 2.05) is 6.92 Å². The average molecular weight is 405 g/mol. The largest absolute Gasteiger partial charge is 0.322 e. The third-order valence-electron chi connectivity index (χ3n) is 5.36. The molecule has 0 spiro atoms. The van der Waals surface area contributed by atoms with Crippen LogP contribution in [0.2, 0.25) is 0 Å². The van der Waals surface area contributed by atoms with Crippen molar-refractivity contribution < 1.29 is 13.2 Å². The Morgan fingerprint density at radius 3 is 2.29 bits per heavy atom. The summed E-state index contributed by atoms with van der Waals surface area (Å²) in [6, 6.07) is 5.04. The van der Waals surface area contributed by atoms with Crippen molar-refractivity contribution in [2.75, 3.05) is 18.4 Å². The molecule has 1 N–H and O–H groups in total. The van der Waals surface area contributed by atoms with Crippen molar-refractivity contribution in [3.63, 3.8) is 0 Å². The van der Waals surface area contributed by atoms with Gasteiger partial charge < -0.3 is 5.32 Å². The Labute approximate surface area is 166 Å². The summed E-state index contributed by atoms with van der Waals surface area (Å²) in [7, 11) is -1.80. The molecule has 0 saturated carbocycles. The number of carbonyl (C=O) groups excluding carboxylic acids is 1. The van der Waals surface area contributed by atoms with Crippen molar-refractivity contribution in [1.29, 1.82) is 0 Å². The van der Waals surface area contributed by atoms with Crippen LogP contribution in [0.25, 0.3) is 0 Å². The van der Waals surface area contributed by atoms with Gasteiger partial charge in [0.25, 0.3) is 5.91 Å². The fourth-order valence-corrected chi connectivity index (χ4v) is 5.44. The Morgan fingerprint density at radius 2 is 1.71 bits per heavy atom. The maximum Gasteiger partial charge on any atom is 0.259 e. The van der Waals surface area contributed by atoms with Gasteiger partial charge in [0.2, 0.25) is 10.0 Å². The first-order chi connectivity index (χ1) is 13.2. The van der Waals surface area contributed by atoms with E-state index in [2.05, 4.69) is 10.4 Å². The van der Waals surface area contributed by atoms with E-state index in [1.165, 1.54) is 0 Å². The normalized spacial score (nSPS) is 16.0. The van der Waals surface area contributed by atoms with Gasteiger partial charge in [0.15, 0.2) is 0 Å². The quantitative estimate of drug-likeness (QED) is 0.848. The zero-order valence-electron chi connectivity index (χ0n) is 16.9. The average Bonchev–Trinajstić information content (AvgIpc) is 2.84. The first-order valence-electron chi connectivity index (χ1n) is 9.64. The van der Waals surface area contributed by atoms with E-state index in [-0.39, 0.29) is 10.8 Å². The molecule has 7 nitrogen and oxygen atoms in total. The van der Waals surface area contributed by atoms with Crippen LogP contribution in [0.1, 0.15) is 53.0 Å². The molecule has 1 fully saturated rings. The van der Waals surface area contributed by atoms with Crippen molar-refractivity contribution >= 4 is 21.6 Å². The van der Waals surface area contributed by atoms with Crippen molar-refractivity contribution in [3.8, 4) is 0 Å². The molecule has 152 valence electrons. The summed E-state index contributed by atoms with van der Waals surface area (Å²) < 4.78 is 29.6. The maximum absolute atomic E-state index is 13.2. The minimum atomic E-state index is -3.59. The first kappa shape index (κ1) is 20.5. The molecule has 8 heteroatoms. The molecule has 1 amide bonds. The summed E-state index contributed by atoms with van der Waals surface area (Å²) >= 11 is 0. The lowest BCUT2D eigenvalue weighted by atomic mass is 10.1. The fraction of sp³-hybridized carbons (Fsp3) is 0.500. The highest BCUT2D eigenvalue weighted by atomic mass is 32.2. The van der Waals surface area contributed by atoms with Crippen LogP contribution in [-0.2, 0) is 17.1 Å². The van der Waals surface area contributed by atoms with Gasteiger partial charge in [-0.2, -0.15) is 9.40 Å². The molecule has 3 rings (SSSR count). The number of aryl methyl sites for hydroxylation is 3. The maximum atomic E-state index is 13.2. The molecule has 0 atom stereocenters. The van der Waals surface area contributed by atoms with Crippen molar-refractivity contribution in [2.24, 2.45) is 7.05 Å². The summed E-state index contributed by atoms with van der Waals surface area (Å²) in [4.78, 5) is 13.0. The lowest BCUT2D eigenvalue weighted by Gasteiger charge is -2.21. The summed E-state index contributed by atoms with van der Waals surface area (Å²) in [5, 5.41) is 7.10. The van der Waals surface area contributed by atoms with E-state index >= 15 is 0 Å². The van der Waals surface area contributed by atoms with Crippen molar-refractivity contribution in [2.45, 2.75) is 51.3 Å². The molecule has 1 saturated heterocycles. The summed E-state index contributed by atoms with van der Waals surface area (Å²) in [6.07, 6.45) is 3.89. The van der Waals surface area contributed by atoms with E-state index in [0.29, 0.717) is 35.6 Å². The number of nitrogens with zero attached hydrogens (tertiary/aromatic N) is 3. The van der Waals surface area contributed by atoms with Gasteiger partial charge in [-0.15, -0.1) is 0 Å². The molecule has 1 aliphatic rings. The third-order valence-corrected chi connectivity index (χ3v) is 7.41. The van der Waals surface area contributed by atoms with Crippen LogP contribution in [0.15, 0.2) is 23.1 Å². The van der Waals surface area contributed by atoms with Gasteiger partial charge in [-0.05, 0) is 51.3 Å². The van der Waals surface area contributed by atoms with E-state index in [4.69, 9.17) is 0 Å². The Hall–Kier alpha value is -2.19. The number of sulfonamides is 1. The van der Waals surface area contributed by atoms with Crippen LogP contribution in [0.3, 0.4) is 0 Å². The molecular formula is C20H28N4O3S. The molecule has 28 heavy (non-hydrogen) atoms. The molecule has 1 aromatic heterocycles. The van der Waals surface area contributed by atoms with E-state index in [1.54, 1.807) is 48.1 Å². The van der Waals surface area contributed by atoms with Crippen molar-refractivity contribution in [3.05, 3.63) is 40.7 Å². The molecule has 2 heterocycles. The molecular weight excluding hydrogens is 376 g/mol. The monoisotopic (exact) mass is 404 g/mol. The molecule has 2 aromatic rings. The minimum Gasteiger partial charge on any atom is -0.322 e. The Balaban J connectivity index is 1.90. The molecule has 1 aromatic carbocycles. The number of amides is 1. The van der Waals surface area contributed by atoms with Gasteiger partial charge in [-0.25, -0.2) is 8.42 Å². The van der Waals surface area contributed by atoms with E-state index < -0.39 is 10.0 Å². The summed E-state index contributed by atoms with van der Waals surface area (Å²) in [6.45, 7) is 6.50. The number of rotatable bonds is 4. The SMILES string of the molecule is Cc1ccc(NC(=O)c2c(C)nn(C)c2C)cc1S(=O)(=O)N1CCCCCC1. The van der Waals surface area contributed by atoms with Crippen LogP contribution in [0.5, 0.6) is 0 Å². The number of hydrogen-bond donors (Lipinski definition) is 1. The molecule has 0 unspecified atom stereocenters. The van der Waals surface area contributed by atoms with E-state index in [9.17, 15) is 13.2 Å². The Kier molecular flexibility index (Phi) is 5.90. The molecule has 1 aliphatic heterocycles. The Bertz CT molecular complexity index is 987. The van der Waals surface area contributed by atoms with Crippen molar-refractivity contribution in [1.82, 2.24) is 14.1 Å². The number of nitrogens with one attached hydrogen (secondary N) is 1. The third kappa shape index (κ3) is 3.98. The smallest absolute Gasteiger partial charge is 0.259 e. The standard InChI is InChI=1S/C20H28N4O3S/c1-14-9-10-17(21-20(25)19-15(2)22-23(4)16(19)3)13-18(14)28(26,27)24-11-7-5-6-8-12-24/h9-10,13H,5-8,11-12H2,1-4H3,(H,21,25). The van der Waals surface area contributed by atoms with Crippen LogP contribution in [0.4, 0.5) is 5.69 Å². The fourth-order valence-electron chi connectivity index (χ4n) is 3.67. The summed E-state index contributed by atoms with van der Waals surface area (Å²) in [5.74, 6) is -0.287. The minimum absolute atomic E-state index is 0.256. The predicted molar refractivity (Wildman–Crippen MR) is 109 cm³/mol. The summed E-state index contributed by atoms with van der Waals surface area (Å²) in [5.41, 5.74) is 3.06. The van der Waals surface area contributed by atoms with Gasteiger partial charge >= 0.3 is 0 Å². The van der Waals surface area contributed by atoms with Gasteiger partial charge in [0, 0.05) is 31.5 Å².